The second kappa shape index (κ2) is 3.58. The number of nitrogen functional groups attached to an aromatic ring is 1. The van der Waals surface area contributed by atoms with E-state index in [4.69, 9.17) is 10.8 Å². The zero-order chi connectivity index (χ0) is 9.14. The first-order valence-electron chi connectivity index (χ1n) is 3.32. The zero-order valence-electron chi connectivity index (χ0n) is 6.25. The van der Waals surface area contributed by atoms with Crippen molar-refractivity contribution in [2.75, 3.05) is 5.73 Å². The summed E-state index contributed by atoms with van der Waals surface area (Å²) < 4.78 is 0. The summed E-state index contributed by atoms with van der Waals surface area (Å²) in [5, 5.41) is 9.27. The molecule has 0 aliphatic heterocycles. The predicted molar refractivity (Wildman–Crippen MR) is 50.4 cm³/mol. The lowest BCUT2D eigenvalue weighted by molar-refractivity contribution is 0.0697. The van der Waals surface area contributed by atoms with E-state index in [2.05, 4.69) is 15.9 Å². The predicted octanol–water partition coefficient (Wildman–Crippen LogP) is 1.86. The van der Waals surface area contributed by atoms with Crippen molar-refractivity contribution in [1.82, 2.24) is 0 Å². The number of hydrogen-bond acceptors (Lipinski definition) is 2. The van der Waals surface area contributed by atoms with Gasteiger partial charge in [-0.25, -0.2) is 4.79 Å². The number of anilines is 1. The van der Waals surface area contributed by atoms with E-state index < -0.39 is 5.97 Å². The maximum Gasteiger partial charge on any atom is 0.335 e. The van der Waals surface area contributed by atoms with E-state index in [1.165, 1.54) is 6.07 Å². The van der Waals surface area contributed by atoms with Crippen LogP contribution in [0.5, 0.6) is 0 Å². The van der Waals surface area contributed by atoms with Crippen molar-refractivity contribution in [3.05, 3.63) is 29.3 Å². The summed E-state index contributed by atoms with van der Waals surface area (Å²) in [6, 6.07) is 4.77. The fourth-order valence-electron chi connectivity index (χ4n) is 0.919. The van der Waals surface area contributed by atoms with Crippen molar-refractivity contribution in [3.8, 4) is 0 Å². The minimum absolute atomic E-state index is 0.226. The Labute approximate surface area is 78.3 Å². The number of aromatic carboxylic acids is 1. The van der Waals surface area contributed by atoms with Crippen LogP contribution in [-0.2, 0) is 5.33 Å². The maximum absolute atomic E-state index is 10.6. The highest BCUT2D eigenvalue weighted by Gasteiger charge is 2.04. The Morgan fingerprint density at radius 1 is 1.50 bits per heavy atom. The van der Waals surface area contributed by atoms with E-state index in [0.29, 0.717) is 11.0 Å². The van der Waals surface area contributed by atoms with E-state index in [1.54, 1.807) is 12.1 Å². The molecule has 0 aromatic heterocycles. The number of carboxylic acids is 1. The Bertz CT molecular complexity index is 312. The monoisotopic (exact) mass is 229 g/mol. The minimum Gasteiger partial charge on any atom is -0.478 e. The molecule has 64 valence electrons. The average molecular weight is 230 g/mol. The summed E-state index contributed by atoms with van der Waals surface area (Å²) in [7, 11) is 0. The smallest absolute Gasteiger partial charge is 0.335 e. The number of carboxylic acid groups (broad SMARTS) is 1. The highest BCUT2D eigenvalue weighted by atomic mass is 79.9. The molecule has 0 fully saturated rings. The molecule has 0 amide bonds. The van der Waals surface area contributed by atoms with Crippen molar-refractivity contribution in [2.24, 2.45) is 0 Å². The van der Waals surface area contributed by atoms with Gasteiger partial charge in [0.2, 0.25) is 0 Å². The van der Waals surface area contributed by atoms with Crippen LogP contribution >= 0.6 is 15.9 Å². The molecule has 0 bridgehead atoms. The fraction of sp³-hybridized carbons (Fsp3) is 0.125. The van der Waals surface area contributed by atoms with Crippen molar-refractivity contribution in [3.63, 3.8) is 0 Å². The highest BCUT2D eigenvalue weighted by molar-refractivity contribution is 9.08. The Hall–Kier alpha value is -1.03. The van der Waals surface area contributed by atoms with Crippen LogP contribution in [-0.4, -0.2) is 11.1 Å². The van der Waals surface area contributed by atoms with Gasteiger partial charge in [-0.1, -0.05) is 15.9 Å². The van der Waals surface area contributed by atoms with Gasteiger partial charge in [0.1, 0.15) is 0 Å². The largest absolute Gasteiger partial charge is 0.478 e. The molecule has 0 heterocycles. The Kier molecular flexibility index (Phi) is 2.70. The van der Waals surface area contributed by atoms with Gasteiger partial charge in [-0.15, -0.1) is 0 Å². The van der Waals surface area contributed by atoms with E-state index in [1.807, 2.05) is 0 Å². The first kappa shape index (κ1) is 9.06. The molecule has 0 spiro atoms. The van der Waals surface area contributed by atoms with Crippen LogP contribution in [0.4, 0.5) is 5.69 Å². The van der Waals surface area contributed by atoms with Crippen LogP contribution in [0.1, 0.15) is 15.9 Å². The van der Waals surface area contributed by atoms with Crippen molar-refractivity contribution in [1.29, 1.82) is 0 Å². The SMILES string of the molecule is Nc1cc(CBr)cc(C(=O)O)c1. The lowest BCUT2D eigenvalue weighted by atomic mass is 10.1. The molecule has 3 N–H and O–H groups in total. The fourth-order valence-corrected chi connectivity index (χ4v) is 1.24. The number of rotatable bonds is 2. The Balaban J connectivity index is 3.15. The Morgan fingerprint density at radius 3 is 2.67 bits per heavy atom. The Morgan fingerprint density at radius 2 is 2.17 bits per heavy atom. The van der Waals surface area contributed by atoms with Gasteiger partial charge in [0.15, 0.2) is 0 Å². The number of carbonyl (C=O) groups is 1. The number of nitrogens with two attached hydrogens (primary N) is 1. The zero-order valence-corrected chi connectivity index (χ0v) is 7.84. The van der Waals surface area contributed by atoms with Crippen LogP contribution in [0.3, 0.4) is 0 Å². The molecule has 0 aliphatic rings. The molecular weight excluding hydrogens is 222 g/mol. The summed E-state index contributed by atoms with van der Waals surface area (Å²) in [6.45, 7) is 0. The van der Waals surface area contributed by atoms with Crippen LogP contribution < -0.4 is 5.73 Å². The van der Waals surface area contributed by atoms with Crippen LogP contribution in [0, 0.1) is 0 Å². The van der Waals surface area contributed by atoms with Crippen molar-refractivity contribution >= 4 is 27.6 Å². The number of halogens is 1. The molecule has 0 aliphatic carbocycles. The molecule has 4 heteroatoms. The summed E-state index contributed by atoms with van der Waals surface area (Å²) in [5.41, 5.74) is 7.06. The molecule has 0 unspecified atom stereocenters. The van der Waals surface area contributed by atoms with Crippen LogP contribution in [0.2, 0.25) is 0 Å². The molecular formula is C8H8BrNO2. The molecule has 0 atom stereocenters. The topological polar surface area (TPSA) is 63.3 Å². The van der Waals surface area contributed by atoms with Gasteiger partial charge in [-0.05, 0) is 23.8 Å². The summed E-state index contributed by atoms with van der Waals surface area (Å²) >= 11 is 3.23. The molecule has 0 saturated heterocycles. The lowest BCUT2D eigenvalue weighted by Crippen LogP contribution is -1.99. The van der Waals surface area contributed by atoms with Gasteiger partial charge in [0.05, 0.1) is 5.56 Å². The number of alkyl halides is 1. The second-order valence-electron chi connectivity index (χ2n) is 2.40. The molecule has 3 nitrogen and oxygen atoms in total. The molecule has 1 aromatic rings. The van der Waals surface area contributed by atoms with E-state index in [0.717, 1.165) is 5.56 Å². The van der Waals surface area contributed by atoms with Gasteiger partial charge >= 0.3 is 5.97 Å². The molecule has 12 heavy (non-hydrogen) atoms. The summed E-state index contributed by atoms with van der Waals surface area (Å²) in [5.74, 6) is -0.954. The van der Waals surface area contributed by atoms with Gasteiger partial charge in [-0.3, -0.25) is 0 Å². The molecule has 0 saturated carbocycles. The van der Waals surface area contributed by atoms with E-state index >= 15 is 0 Å². The molecule has 0 radical (unpaired) electrons. The second-order valence-corrected chi connectivity index (χ2v) is 2.96. The molecule has 1 rings (SSSR count). The third kappa shape index (κ3) is 1.98. The van der Waals surface area contributed by atoms with Crippen molar-refractivity contribution in [2.45, 2.75) is 5.33 Å². The van der Waals surface area contributed by atoms with Gasteiger partial charge < -0.3 is 10.8 Å². The van der Waals surface area contributed by atoms with Crippen LogP contribution in [0.25, 0.3) is 0 Å². The third-order valence-electron chi connectivity index (χ3n) is 1.42. The quantitative estimate of drug-likeness (QED) is 0.602. The first-order valence-corrected chi connectivity index (χ1v) is 4.44. The highest BCUT2D eigenvalue weighted by Crippen LogP contribution is 2.14. The number of benzene rings is 1. The van der Waals surface area contributed by atoms with E-state index in [-0.39, 0.29) is 5.56 Å². The van der Waals surface area contributed by atoms with Gasteiger partial charge in [0, 0.05) is 11.0 Å². The van der Waals surface area contributed by atoms with Crippen molar-refractivity contribution < 1.29 is 9.90 Å². The molecule has 1 aromatic carbocycles. The third-order valence-corrected chi connectivity index (χ3v) is 2.06. The van der Waals surface area contributed by atoms with Gasteiger partial charge in [0.25, 0.3) is 0 Å². The first-order chi connectivity index (χ1) is 5.63. The average Bonchev–Trinajstić information content (AvgIpc) is 2.03. The van der Waals surface area contributed by atoms with E-state index in [9.17, 15) is 4.79 Å². The lowest BCUT2D eigenvalue weighted by Gasteiger charge is -2.00. The standard InChI is InChI=1S/C8H8BrNO2/c9-4-5-1-6(8(11)12)3-7(10)2-5/h1-3H,4,10H2,(H,11,12). The summed E-state index contributed by atoms with van der Waals surface area (Å²) in [6.07, 6.45) is 0. The van der Waals surface area contributed by atoms with Crippen LogP contribution in [0.15, 0.2) is 18.2 Å². The minimum atomic E-state index is -0.954. The van der Waals surface area contributed by atoms with Gasteiger partial charge in [-0.2, -0.15) is 0 Å². The maximum atomic E-state index is 10.6. The number of hydrogen-bond donors (Lipinski definition) is 2. The normalized spacial score (nSPS) is 9.75. The summed E-state index contributed by atoms with van der Waals surface area (Å²) in [4.78, 5) is 10.6.